The lowest BCUT2D eigenvalue weighted by Gasteiger charge is -2.13. The zero-order valence-electron chi connectivity index (χ0n) is 10.4. The zero-order valence-corrected chi connectivity index (χ0v) is 12.0. The normalized spacial score (nSPS) is 10.3. The molecule has 0 fully saturated rings. The highest BCUT2D eigenvalue weighted by molar-refractivity contribution is 9.10. The average Bonchev–Trinajstić information content (AvgIpc) is 2.40. The van der Waals surface area contributed by atoms with Gasteiger partial charge < -0.3 is 16.2 Å². The van der Waals surface area contributed by atoms with Crippen molar-refractivity contribution in [3.63, 3.8) is 0 Å². The lowest BCUT2D eigenvalue weighted by atomic mass is 10.1. The molecule has 4 nitrogen and oxygen atoms in total. The van der Waals surface area contributed by atoms with E-state index in [0.29, 0.717) is 15.7 Å². The van der Waals surface area contributed by atoms with Gasteiger partial charge in [0.25, 0.3) is 5.91 Å². The van der Waals surface area contributed by atoms with E-state index in [2.05, 4.69) is 15.9 Å². The molecule has 0 unspecified atom stereocenters. The number of primary amides is 1. The molecule has 0 heterocycles. The maximum atomic E-state index is 13.2. The smallest absolute Gasteiger partial charge is 0.252 e. The van der Waals surface area contributed by atoms with Crippen LogP contribution in [0.15, 0.2) is 40.9 Å². The second kappa shape index (κ2) is 5.92. The molecule has 0 aliphatic rings. The van der Waals surface area contributed by atoms with Crippen LogP contribution < -0.4 is 16.2 Å². The van der Waals surface area contributed by atoms with Gasteiger partial charge >= 0.3 is 0 Å². The van der Waals surface area contributed by atoms with Crippen LogP contribution in [0, 0.1) is 5.82 Å². The van der Waals surface area contributed by atoms with Crippen LogP contribution in [-0.2, 0) is 6.61 Å². The molecule has 0 atom stereocenters. The van der Waals surface area contributed by atoms with Gasteiger partial charge in [0, 0.05) is 10.0 Å². The van der Waals surface area contributed by atoms with Gasteiger partial charge in [-0.25, -0.2) is 4.39 Å². The van der Waals surface area contributed by atoms with Crippen LogP contribution in [0.5, 0.6) is 5.75 Å². The summed E-state index contributed by atoms with van der Waals surface area (Å²) in [6.45, 7) is 0.0623. The number of rotatable bonds is 4. The van der Waals surface area contributed by atoms with E-state index in [1.807, 2.05) is 0 Å². The Morgan fingerprint density at radius 1 is 1.30 bits per heavy atom. The Balaban J connectivity index is 2.27. The van der Waals surface area contributed by atoms with Crippen molar-refractivity contribution in [2.45, 2.75) is 6.61 Å². The molecular formula is C14H12BrFN2O2. The Morgan fingerprint density at radius 2 is 2.05 bits per heavy atom. The number of carbonyl (C=O) groups is 1. The van der Waals surface area contributed by atoms with E-state index < -0.39 is 5.91 Å². The van der Waals surface area contributed by atoms with Crippen molar-refractivity contribution in [1.82, 2.24) is 0 Å². The van der Waals surface area contributed by atoms with Gasteiger partial charge in [-0.15, -0.1) is 0 Å². The molecule has 20 heavy (non-hydrogen) atoms. The third-order valence-corrected chi connectivity index (χ3v) is 3.46. The SMILES string of the molecule is NC(=O)c1cccc(N)c1OCc1cc(F)ccc1Br. The van der Waals surface area contributed by atoms with Crippen molar-refractivity contribution >= 4 is 27.5 Å². The van der Waals surface area contributed by atoms with E-state index in [4.69, 9.17) is 16.2 Å². The standard InChI is InChI=1S/C14H12BrFN2O2/c15-11-5-4-9(16)6-8(11)7-20-13-10(14(18)19)2-1-3-12(13)17/h1-6H,7,17H2,(H2,18,19). The summed E-state index contributed by atoms with van der Waals surface area (Å²) < 4.78 is 19.4. The third kappa shape index (κ3) is 3.08. The second-order valence-corrected chi connectivity index (χ2v) is 4.97. The molecule has 2 rings (SSSR count). The predicted octanol–water partition coefficient (Wildman–Crippen LogP) is 2.85. The van der Waals surface area contributed by atoms with Crippen LogP contribution in [0.1, 0.15) is 15.9 Å². The third-order valence-electron chi connectivity index (χ3n) is 2.69. The highest BCUT2D eigenvalue weighted by Crippen LogP contribution is 2.28. The van der Waals surface area contributed by atoms with Crippen molar-refractivity contribution in [3.05, 3.63) is 57.8 Å². The Hall–Kier alpha value is -2.08. The van der Waals surface area contributed by atoms with Crippen LogP contribution in [0.25, 0.3) is 0 Å². The molecule has 0 saturated heterocycles. The highest BCUT2D eigenvalue weighted by Gasteiger charge is 2.13. The Kier molecular flexibility index (Phi) is 4.24. The first-order valence-corrected chi connectivity index (χ1v) is 6.53. The van der Waals surface area contributed by atoms with Gasteiger partial charge in [0.15, 0.2) is 5.75 Å². The van der Waals surface area contributed by atoms with E-state index in [-0.39, 0.29) is 23.7 Å². The van der Waals surface area contributed by atoms with Gasteiger partial charge in [0.1, 0.15) is 12.4 Å². The maximum absolute atomic E-state index is 13.2. The number of amides is 1. The minimum absolute atomic E-state index is 0.0623. The van der Waals surface area contributed by atoms with E-state index in [1.54, 1.807) is 18.2 Å². The lowest BCUT2D eigenvalue weighted by molar-refractivity contribution is 0.0996. The Bertz CT molecular complexity index is 662. The van der Waals surface area contributed by atoms with Gasteiger partial charge in [0.2, 0.25) is 0 Å². The van der Waals surface area contributed by atoms with Gasteiger partial charge in [-0.3, -0.25) is 4.79 Å². The van der Waals surface area contributed by atoms with Gasteiger partial charge in [0.05, 0.1) is 11.3 Å². The zero-order chi connectivity index (χ0) is 14.7. The fourth-order valence-electron chi connectivity index (χ4n) is 1.71. The summed E-state index contributed by atoms with van der Waals surface area (Å²) in [4.78, 5) is 11.3. The number of para-hydroxylation sites is 1. The predicted molar refractivity (Wildman–Crippen MR) is 77.8 cm³/mol. The molecule has 0 saturated carbocycles. The summed E-state index contributed by atoms with van der Waals surface area (Å²) >= 11 is 3.30. The Labute approximate surface area is 123 Å². The van der Waals surface area contributed by atoms with E-state index in [9.17, 15) is 9.18 Å². The van der Waals surface area contributed by atoms with Crippen molar-refractivity contribution in [3.8, 4) is 5.75 Å². The first-order chi connectivity index (χ1) is 9.49. The molecule has 0 spiro atoms. The average molecular weight is 339 g/mol. The number of nitrogen functional groups attached to an aromatic ring is 1. The van der Waals surface area contributed by atoms with Crippen molar-refractivity contribution in [1.29, 1.82) is 0 Å². The van der Waals surface area contributed by atoms with Gasteiger partial charge in [-0.2, -0.15) is 0 Å². The number of benzene rings is 2. The summed E-state index contributed by atoms with van der Waals surface area (Å²) in [5.74, 6) is -0.801. The molecule has 0 radical (unpaired) electrons. The van der Waals surface area contributed by atoms with E-state index >= 15 is 0 Å². The monoisotopic (exact) mass is 338 g/mol. The molecule has 4 N–H and O–H groups in total. The van der Waals surface area contributed by atoms with Crippen LogP contribution >= 0.6 is 15.9 Å². The van der Waals surface area contributed by atoms with Crippen molar-refractivity contribution < 1.29 is 13.9 Å². The number of anilines is 1. The van der Waals surface area contributed by atoms with Crippen LogP contribution in [0.3, 0.4) is 0 Å². The lowest BCUT2D eigenvalue weighted by Crippen LogP contribution is -2.14. The molecule has 0 aliphatic carbocycles. The van der Waals surface area contributed by atoms with E-state index in [0.717, 1.165) is 0 Å². The second-order valence-electron chi connectivity index (χ2n) is 4.11. The largest absolute Gasteiger partial charge is 0.486 e. The Morgan fingerprint density at radius 3 is 2.75 bits per heavy atom. The minimum Gasteiger partial charge on any atom is -0.486 e. The molecular weight excluding hydrogens is 327 g/mol. The fourth-order valence-corrected chi connectivity index (χ4v) is 2.07. The number of hydrogen-bond acceptors (Lipinski definition) is 3. The van der Waals surface area contributed by atoms with Crippen LogP contribution in [-0.4, -0.2) is 5.91 Å². The first-order valence-electron chi connectivity index (χ1n) is 5.74. The number of halogens is 2. The molecule has 2 aromatic carbocycles. The first kappa shape index (κ1) is 14.3. The minimum atomic E-state index is -0.634. The highest BCUT2D eigenvalue weighted by atomic mass is 79.9. The number of hydrogen-bond donors (Lipinski definition) is 2. The molecule has 0 aliphatic heterocycles. The van der Waals surface area contributed by atoms with Gasteiger partial charge in [-0.1, -0.05) is 22.0 Å². The number of carbonyl (C=O) groups excluding carboxylic acids is 1. The summed E-state index contributed by atoms with van der Waals surface area (Å²) in [5, 5.41) is 0. The number of ether oxygens (including phenoxy) is 1. The summed E-state index contributed by atoms with van der Waals surface area (Å²) in [7, 11) is 0. The summed E-state index contributed by atoms with van der Waals surface area (Å²) in [6, 6.07) is 8.99. The molecule has 104 valence electrons. The topological polar surface area (TPSA) is 78.3 Å². The summed E-state index contributed by atoms with van der Waals surface area (Å²) in [6.07, 6.45) is 0. The molecule has 1 amide bonds. The van der Waals surface area contributed by atoms with Crippen molar-refractivity contribution in [2.24, 2.45) is 5.73 Å². The van der Waals surface area contributed by atoms with E-state index in [1.165, 1.54) is 18.2 Å². The van der Waals surface area contributed by atoms with Crippen LogP contribution in [0.4, 0.5) is 10.1 Å². The summed E-state index contributed by atoms with van der Waals surface area (Å²) in [5.41, 5.74) is 12.1. The maximum Gasteiger partial charge on any atom is 0.252 e. The van der Waals surface area contributed by atoms with Crippen molar-refractivity contribution in [2.75, 3.05) is 5.73 Å². The molecule has 0 bridgehead atoms. The molecule has 6 heteroatoms. The number of nitrogens with two attached hydrogens (primary N) is 2. The van der Waals surface area contributed by atoms with Gasteiger partial charge in [-0.05, 0) is 30.3 Å². The molecule has 2 aromatic rings. The van der Waals surface area contributed by atoms with Crippen LogP contribution in [0.2, 0.25) is 0 Å². The quantitative estimate of drug-likeness (QED) is 0.841. The fraction of sp³-hybridized carbons (Fsp3) is 0.0714. The molecule has 0 aromatic heterocycles.